The van der Waals surface area contributed by atoms with E-state index in [0.29, 0.717) is 11.4 Å². The van der Waals surface area contributed by atoms with Crippen LogP contribution in [0.2, 0.25) is 5.02 Å². The highest BCUT2D eigenvalue weighted by atomic mass is 35.5. The molecule has 0 spiro atoms. The topological polar surface area (TPSA) is 105 Å². The van der Waals surface area contributed by atoms with E-state index in [9.17, 15) is 18.5 Å². The molecule has 3 aromatic rings. The van der Waals surface area contributed by atoms with Gasteiger partial charge in [0.2, 0.25) is 10.0 Å². The lowest BCUT2D eigenvalue weighted by Gasteiger charge is -2.06. The molecule has 130 valence electrons. The molecular weight excluding hydrogens is 366 g/mol. The van der Waals surface area contributed by atoms with Crippen LogP contribution in [-0.2, 0) is 16.4 Å². The third-order valence-electron chi connectivity index (χ3n) is 3.75. The maximum Gasteiger partial charge on any atom is 0.270 e. The quantitative estimate of drug-likeness (QED) is 0.506. The standard InChI is InChI=1S/C16H14ClN3O4S/c17-12-4-5-16-15(8-12)11(10-18-16)6-7-19-25(23,24)14-3-1-2-13(9-14)20(21)22/h1-5,8-10,18-19H,6-7H2. The van der Waals surface area contributed by atoms with Gasteiger partial charge in [0.1, 0.15) is 0 Å². The fraction of sp³-hybridized carbons (Fsp3) is 0.125. The number of hydrogen-bond donors (Lipinski definition) is 2. The fourth-order valence-corrected chi connectivity index (χ4v) is 3.77. The Kier molecular flexibility index (Phi) is 4.76. The van der Waals surface area contributed by atoms with E-state index in [-0.39, 0.29) is 17.1 Å². The van der Waals surface area contributed by atoms with Crippen molar-refractivity contribution in [3.63, 3.8) is 0 Å². The van der Waals surface area contributed by atoms with Crippen LogP contribution in [0.25, 0.3) is 10.9 Å². The summed E-state index contributed by atoms with van der Waals surface area (Å²) in [6.45, 7) is 0.157. The van der Waals surface area contributed by atoms with Crippen LogP contribution in [-0.4, -0.2) is 24.9 Å². The van der Waals surface area contributed by atoms with Crippen LogP contribution in [0.15, 0.2) is 53.6 Å². The minimum Gasteiger partial charge on any atom is -0.361 e. The number of fused-ring (bicyclic) bond motifs is 1. The lowest BCUT2D eigenvalue weighted by molar-refractivity contribution is -0.385. The molecule has 0 radical (unpaired) electrons. The number of aromatic nitrogens is 1. The second-order valence-electron chi connectivity index (χ2n) is 5.41. The Hall–Kier alpha value is -2.42. The van der Waals surface area contributed by atoms with Gasteiger partial charge in [-0.2, -0.15) is 0 Å². The molecule has 0 atom stereocenters. The number of non-ortho nitro benzene ring substituents is 1. The van der Waals surface area contributed by atoms with Gasteiger partial charge in [0.15, 0.2) is 0 Å². The Morgan fingerprint density at radius 1 is 1.20 bits per heavy atom. The molecule has 2 N–H and O–H groups in total. The number of hydrogen-bond acceptors (Lipinski definition) is 4. The second kappa shape index (κ2) is 6.83. The largest absolute Gasteiger partial charge is 0.361 e. The number of nitro benzene ring substituents is 1. The van der Waals surface area contributed by atoms with Crippen molar-refractivity contribution in [1.82, 2.24) is 9.71 Å². The van der Waals surface area contributed by atoms with E-state index in [1.807, 2.05) is 18.3 Å². The number of nitrogens with one attached hydrogen (secondary N) is 2. The van der Waals surface area contributed by atoms with Crippen LogP contribution in [0.5, 0.6) is 0 Å². The molecule has 0 aliphatic rings. The van der Waals surface area contributed by atoms with Crippen molar-refractivity contribution in [2.75, 3.05) is 6.54 Å². The molecule has 0 fully saturated rings. The first-order valence-corrected chi connectivity index (χ1v) is 9.22. The Balaban J connectivity index is 1.73. The van der Waals surface area contributed by atoms with Gasteiger partial charge in [0.05, 0.1) is 9.82 Å². The first-order chi connectivity index (χ1) is 11.9. The zero-order chi connectivity index (χ0) is 18.0. The fourth-order valence-electron chi connectivity index (χ4n) is 2.53. The lowest BCUT2D eigenvalue weighted by Crippen LogP contribution is -2.26. The lowest BCUT2D eigenvalue weighted by atomic mass is 10.1. The highest BCUT2D eigenvalue weighted by Gasteiger charge is 2.17. The number of sulfonamides is 1. The van der Waals surface area contributed by atoms with Crippen molar-refractivity contribution < 1.29 is 13.3 Å². The highest BCUT2D eigenvalue weighted by molar-refractivity contribution is 7.89. The van der Waals surface area contributed by atoms with Crippen molar-refractivity contribution in [1.29, 1.82) is 0 Å². The third kappa shape index (κ3) is 3.81. The molecule has 3 rings (SSSR count). The summed E-state index contributed by atoms with van der Waals surface area (Å²) in [5, 5.41) is 12.3. The van der Waals surface area contributed by atoms with Gasteiger partial charge < -0.3 is 4.98 Å². The third-order valence-corrected chi connectivity index (χ3v) is 5.45. The number of aromatic amines is 1. The Morgan fingerprint density at radius 2 is 2.00 bits per heavy atom. The van der Waals surface area contributed by atoms with Gasteiger partial charge in [-0.05, 0) is 36.2 Å². The Labute approximate surface area is 148 Å². The number of nitro groups is 1. The summed E-state index contributed by atoms with van der Waals surface area (Å²) < 4.78 is 27.0. The number of nitrogens with zero attached hydrogens (tertiary/aromatic N) is 1. The highest BCUT2D eigenvalue weighted by Crippen LogP contribution is 2.23. The summed E-state index contributed by atoms with van der Waals surface area (Å²) >= 11 is 5.99. The van der Waals surface area contributed by atoms with E-state index in [2.05, 4.69) is 9.71 Å². The molecule has 0 bridgehead atoms. The van der Waals surface area contributed by atoms with Crippen LogP contribution in [0.3, 0.4) is 0 Å². The summed E-state index contributed by atoms with van der Waals surface area (Å²) in [4.78, 5) is 13.1. The summed E-state index contributed by atoms with van der Waals surface area (Å²) in [5.41, 5.74) is 1.58. The first-order valence-electron chi connectivity index (χ1n) is 7.36. The Morgan fingerprint density at radius 3 is 2.76 bits per heavy atom. The monoisotopic (exact) mass is 379 g/mol. The Bertz CT molecular complexity index is 1050. The molecule has 25 heavy (non-hydrogen) atoms. The summed E-state index contributed by atoms with van der Waals surface area (Å²) in [5.74, 6) is 0. The molecule has 2 aromatic carbocycles. The minimum absolute atomic E-state index is 0.135. The predicted octanol–water partition coefficient (Wildman–Crippen LogP) is 3.25. The van der Waals surface area contributed by atoms with Crippen LogP contribution in [0.1, 0.15) is 5.56 Å². The van der Waals surface area contributed by atoms with E-state index >= 15 is 0 Å². The number of halogens is 1. The molecule has 0 amide bonds. The maximum atomic E-state index is 12.3. The van der Waals surface area contributed by atoms with Gasteiger partial charge in [0.25, 0.3) is 5.69 Å². The molecule has 0 aliphatic heterocycles. The van der Waals surface area contributed by atoms with Gasteiger partial charge in [-0.3, -0.25) is 10.1 Å². The molecule has 0 aliphatic carbocycles. The van der Waals surface area contributed by atoms with Crippen molar-refractivity contribution in [3.05, 3.63) is 69.4 Å². The molecule has 1 aromatic heterocycles. The van der Waals surface area contributed by atoms with Crippen molar-refractivity contribution in [3.8, 4) is 0 Å². The van der Waals surface area contributed by atoms with Gasteiger partial charge in [-0.25, -0.2) is 13.1 Å². The summed E-state index contributed by atoms with van der Waals surface area (Å²) in [7, 11) is -3.82. The zero-order valence-corrected chi connectivity index (χ0v) is 14.5. The van der Waals surface area contributed by atoms with E-state index in [4.69, 9.17) is 11.6 Å². The van der Waals surface area contributed by atoms with Gasteiger partial charge in [-0.1, -0.05) is 17.7 Å². The molecular formula is C16H14ClN3O4S. The van der Waals surface area contributed by atoms with Crippen molar-refractivity contribution >= 4 is 38.2 Å². The van der Waals surface area contributed by atoms with Crippen LogP contribution >= 0.6 is 11.6 Å². The van der Waals surface area contributed by atoms with E-state index < -0.39 is 14.9 Å². The molecule has 0 saturated carbocycles. The smallest absolute Gasteiger partial charge is 0.270 e. The average molecular weight is 380 g/mol. The minimum atomic E-state index is -3.82. The normalized spacial score (nSPS) is 11.7. The number of rotatable bonds is 6. The van der Waals surface area contributed by atoms with Gasteiger partial charge >= 0.3 is 0 Å². The second-order valence-corrected chi connectivity index (χ2v) is 7.61. The predicted molar refractivity (Wildman–Crippen MR) is 95.3 cm³/mol. The zero-order valence-electron chi connectivity index (χ0n) is 12.9. The van der Waals surface area contributed by atoms with Gasteiger partial charge in [0, 0.05) is 40.8 Å². The SMILES string of the molecule is O=[N+]([O-])c1cccc(S(=O)(=O)NCCc2c[nH]c3ccc(Cl)cc23)c1. The molecule has 7 nitrogen and oxygen atoms in total. The van der Waals surface area contributed by atoms with E-state index in [0.717, 1.165) is 22.5 Å². The van der Waals surface area contributed by atoms with Crippen molar-refractivity contribution in [2.45, 2.75) is 11.3 Å². The summed E-state index contributed by atoms with van der Waals surface area (Å²) in [6.07, 6.45) is 2.26. The van der Waals surface area contributed by atoms with Crippen molar-refractivity contribution in [2.24, 2.45) is 0 Å². The molecule has 1 heterocycles. The van der Waals surface area contributed by atoms with E-state index in [1.165, 1.54) is 18.2 Å². The number of benzene rings is 2. The van der Waals surface area contributed by atoms with E-state index in [1.54, 1.807) is 6.07 Å². The molecule has 0 unspecified atom stereocenters. The maximum absolute atomic E-state index is 12.3. The summed E-state index contributed by atoms with van der Waals surface area (Å²) in [6, 6.07) is 10.4. The van der Waals surface area contributed by atoms with Crippen LogP contribution < -0.4 is 4.72 Å². The molecule has 9 heteroatoms. The van der Waals surface area contributed by atoms with Crippen LogP contribution in [0.4, 0.5) is 5.69 Å². The molecule has 0 saturated heterocycles. The van der Waals surface area contributed by atoms with Crippen LogP contribution in [0, 0.1) is 10.1 Å². The number of H-pyrrole nitrogens is 1. The van der Waals surface area contributed by atoms with Gasteiger partial charge in [-0.15, -0.1) is 0 Å². The average Bonchev–Trinajstić information content (AvgIpc) is 2.97. The first kappa shape index (κ1) is 17.4.